The van der Waals surface area contributed by atoms with E-state index >= 15 is 0 Å². The van der Waals surface area contributed by atoms with Gasteiger partial charge in [-0.2, -0.15) is 18.4 Å². The highest BCUT2D eigenvalue weighted by molar-refractivity contribution is 7.91. The van der Waals surface area contributed by atoms with Gasteiger partial charge in [0.1, 0.15) is 11.6 Å². The Morgan fingerprint density at radius 2 is 1.85 bits per heavy atom. The van der Waals surface area contributed by atoms with E-state index in [9.17, 15) is 40.8 Å². The van der Waals surface area contributed by atoms with E-state index in [-0.39, 0.29) is 52.2 Å². The van der Waals surface area contributed by atoms with Gasteiger partial charge in [0.25, 0.3) is 5.56 Å². The van der Waals surface area contributed by atoms with Crippen molar-refractivity contribution < 1.29 is 30.8 Å². The van der Waals surface area contributed by atoms with E-state index in [1.807, 2.05) is 6.07 Å². The van der Waals surface area contributed by atoms with Crippen molar-refractivity contribution in [1.82, 2.24) is 14.5 Å². The average Bonchev–Trinajstić information content (AvgIpc) is 3.19. The van der Waals surface area contributed by atoms with Crippen LogP contribution in [0.1, 0.15) is 54.1 Å². The summed E-state index contributed by atoms with van der Waals surface area (Å²) in [4.78, 5) is 36.6. The van der Waals surface area contributed by atoms with Gasteiger partial charge < -0.3 is 0 Å². The summed E-state index contributed by atoms with van der Waals surface area (Å²) in [5.41, 5.74) is -0.451. The zero-order valence-electron chi connectivity index (χ0n) is 24.9. The van der Waals surface area contributed by atoms with E-state index in [0.29, 0.717) is 48.2 Å². The Morgan fingerprint density at radius 3 is 2.57 bits per heavy atom. The highest BCUT2D eigenvalue weighted by atomic mass is 32.2. The molecule has 0 N–H and O–H groups in total. The molecule has 2 aromatic heterocycles. The minimum atomic E-state index is -4.94. The average molecular weight is 665 g/mol. The van der Waals surface area contributed by atoms with Crippen molar-refractivity contribution in [3.63, 3.8) is 0 Å². The molecule has 1 aliphatic heterocycles. The van der Waals surface area contributed by atoms with E-state index in [1.165, 1.54) is 16.8 Å². The smallest absolute Gasteiger partial charge is 0.294 e. The summed E-state index contributed by atoms with van der Waals surface area (Å²) in [6.45, 7) is 0. The molecule has 1 saturated heterocycles. The minimum absolute atomic E-state index is 0.0203. The molecule has 13 heteroatoms. The van der Waals surface area contributed by atoms with Gasteiger partial charge >= 0.3 is 6.18 Å². The van der Waals surface area contributed by atoms with E-state index in [2.05, 4.69) is 4.98 Å². The van der Waals surface area contributed by atoms with Crippen LogP contribution < -0.4 is 5.56 Å². The van der Waals surface area contributed by atoms with Gasteiger partial charge in [0.2, 0.25) is 0 Å². The number of nitriles is 1. The van der Waals surface area contributed by atoms with Crippen molar-refractivity contribution in [3.8, 4) is 11.8 Å². The van der Waals surface area contributed by atoms with Gasteiger partial charge in [-0.25, -0.2) is 22.8 Å². The lowest BCUT2D eigenvalue weighted by molar-refractivity contribution is -0.140. The first-order valence-electron chi connectivity index (χ1n) is 15.0. The van der Waals surface area contributed by atoms with Gasteiger partial charge in [-0.15, -0.1) is 0 Å². The fourth-order valence-electron chi connectivity index (χ4n) is 6.74. The Morgan fingerprint density at radius 1 is 1.09 bits per heavy atom. The number of nitrogens with zero attached hydrogens (tertiary/aromatic N) is 4. The van der Waals surface area contributed by atoms with Crippen molar-refractivity contribution >= 4 is 26.7 Å². The number of rotatable bonds is 5. The van der Waals surface area contributed by atoms with Crippen LogP contribution in [-0.2, 0) is 27.2 Å². The number of fused-ring (bicyclic) bond motifs is 2. The van der Waals surface area contributed by atoms with E-state index in [1.54, 1.807) is 36.4 Å². The van der Waals surface area contributed by atoms with Gasteiger partial charge in [-0.05, 0) is 97.7 Å². The number of benzene rings is 2. The summed E-state index contributed by atoms with van der Waals surface area (Å²) in [5.74, 6) is -2.74. The van der Waals surface area contributed by atoms with E-state index in [0.717, 1.165) is 6.07 Å². The summed E-state index contributed by atoms with van der Waals surface area (Å²) >= 11 is 0. The molecule has 2 aliphatic rings. The predicted molar refractivity (Wildman–Crippen MR) is 165 cm³/mol. The molecule has 0 amide bonds. The van der Waals surface area contributed by atoms with Crippen LogP contribution in [0.2, 0.25) is 0 Å². The molecule has 3 atom stereocenters. The maximum atomic E-state index is 14.0. The Labute approximate surface area is 267 Å². The second-order valence-corrected chi connectivity index (χ2v) is 14.3. The largest absolute Gasteiger partial charge is 0.419 e. The number of ketones is 1. The molecule has 1 saturated carbocycles. The third-order valence-corrected chi connectivity index (χ3v) is 10.8. The van der Waals surface area contributed by atoms with Gasteiger partial charge in [0, 0.05) is 18.5 Å². The Hall–Kier alpha value is -4.70. The maximum absolute atomic E-state index is 14.0. The lowest BCUT2D eigenvalue weighted by Gasteiger charge is -2.31. The molecule has 2 aromatic carbocycles. The van der Waals surface area contributed by atoms with Crippen molar-refractivity contribution in [1.29, 1.82) is 5.26 Å². The Balaban J connectivity index is 1.49. The van der Waals surface area contributed by atoms with Crippen LogP contribution in [0.15, 0.2) is 77.2 Å². The first kappa shape index (κ1) is 32.2. The number of halogens is 4. The topological polar surface area (TPSA) is 123 Å². The van der Waals surface area contributed by atoms with Crippen LogP contribution >= 0.6 is 0 Å². The molecule has 6 rings (SSSR count). The summed E-state index contributed by atoms with van der Waals surface area (Å²) in [7, 11) is -3.33. The highest BCUT2D eigenvalue weighted by Crippen LogP contribution is 2.44. The molecule has 0 spiro atoms. The van der Waals surface area contributed by atoms with Crippen LogP contribution in [0.25, 0.3) is 16.7 Å². The number of sulfone groups is 1. The van der Waals surface area contributed by atoms with Gasteiger partial charge in [-0.1, -0.05) is 11.6 Å². The molecule has 4 aromatic rings. The number of aromatic nitrogens is 3. The second-order valence-electron chi connectivity index (χ2n) is 12.1. The first-order chi connectivity index (χ1) is 22.3. The minimum Gasteiger partial charge on any atom is -0.294 e. The summed E-state index contributed by atoms with van der Waals surface area (Å²) in [6.07, 6.45) is -0.906. The fourth-order valence-corrected chi connectivity index (χ4v) is 8.63. The highest BCUT2D eigenvalue weighted by Gasteiger charge is 2.40. The maximum Gasteiger partial charge on any atom is 0.419 e. The third kappa shape index (κ3) is 6.74. The molecule has 1 aliphatic carbocycles. The quantitative estimate of drug-likeness (QED) is 0.193. The standard InChI is InChI=1S/C34H28F4N4O4S/c35-30-10-5-21(15-29(30)34(36,37)38)14-26(43)16-23-7-6-22-11-13-47(45,46)19-24(22)17-28(23)32-41-31-27(2-1-12-40-31)33(44)42(32)25-8-3-20(18-39)4-9-25/h1-5,8-10,12,15-16,22,24,28H,6-7,11,13-14,17,19H2/t22?,24?,28-/m0/s1. The Bertz CT molecular complexity index is 2120. The number of carbonyl (C=O) groups is 1. The van der Waals surface area contributed by atoms with Crippen molar-refractivity contribution in [2.45, 2.75) is 44.2 Å². The van der Waals surface area contributed by atoms with E-state index < -0.39 is 51.1 Å². The molecular formula is C34H28F4N4O4S. The molecule has 2 unspecified atom stereocenters. The van der Waals surface area contributed by atoms with Crippen molar-refractivity contribution in [3.05, 3.63) is 111 Å². The number of alkyl halides is 3. The molecular weight excluding hydrogens is 636 g/mol. The molecule has 0 bridgehead atoms. The monoisotopic (exact) mass is 664 g/mol. The lowest BCUT2D eigenvalue weighted by Crippen LogP contribution is -2.33. The van der Waals surface area contributed by atoms with Crippen LogP contribution in [0.3, 0.4) is 0 Å². The Kier molecular flexibility index (Phi) is 8.57. The third-order valence-electron chi connectivity index (χ3n) is 9.02. The summed E-state index contributed by atoms with van der Waals surface area (Å²) in [6, 6.07) is 13.9. The number of carbonyl (C=O) groups excluding carboxylic acids is 1. The number of allylic oxidation sites excluding steroid dienone is 2. The number of hydrogen-bond acceptors (Lipinski definition) is 7. The molecule has 8 nitrogen and oxygen atoms in total. The normalized spacial score (nSPS) is 21.9. The predicted octanol–water partition coefficient (Wildman–Crippen LogP) is 5.87. The lowest BCUT2D eigenvalue weighted by atomic mass is 9.84. The van der Waals surface area contributed by atoms with E-state index in [4.69, 9.17) is 4.98 Å². The zero-order chi connectivity index (χ0) is 33.5. The van der Waals surface area contributed by atoms with Crippen LogP contribution in [0.5, 0.6) is 0 Å². The van der Waals surface area contributed by atoms with Crippen LogP contribution in [0.4, 0.5) is 17.6 Å². The van der Waals surface area contributed by atoms with Crippen molar-refractivity contribution in [2.75, 3.05) is 11.5 Å². The van der Waals surface area contributed by atoms with Gasteiger partial charge in [0.15, 0.2) is 21.3 Å². The summed E-state index contributed by atoms with van der Waals surface area (Å²) in [5, 5.41) is 9.56. The zero-order valence-corrected chi connectivity index (χ0v) is 25.7. The van der Waals surface area contributed by atoms with Crippen LogP contribution in [0, 0.1) is 29.0 Å². The first-order valence-corrected chi connectivity index (χ1v) is 16.8. The molecule has 3 heterocycles. The molecule has 2 fully saturated rings. The SMILES string of the molecule is N#Cc1ccc(-n2c([C@H]3CC4CS(=O)(=O)CCC4CCC3=CC(=O)Cc3ccc(F)c(C(F)(F)F)c3)nc3ncccc3c2=O)cc1. The van der Waals surface area contributed by atoms with Crippen LogP contribution in [-0.4, -0.2) is 40.2 Å². The fraction of sp³-hybridized carbons (Fsp3) is 0.324. The van der Waals surface area contributed by atoms with Crippen molar-refractivity contribution in [2.24, 2.45) is 11.8 Å². The second kappa shape index (κ2) is 12.5. The molecule has 0 radical (unpaired) electrons. The summed E-state index contributed by atoms with van der Waals surface area (Å²) < 4.78 is 80.8. The number of hydrogen-bond donors (Lipinski definition) is 0. The number of pyridine rings is 1. The van der Waals surface area contributed by atoms with Gasteiger partial charge in [0.05, 0.1) is 39.8 Å². The van der Waals surface area contributed by atoms with Gasteiger partial charge in [-0.3, -0.25) is 14.2 Å². The molecule has 47 heavy (non-hydrogen) atoms. The molecule has 242 valence electrons.